The zero-order chi connectivity index (χ0) is 14.2. The first-order valence-corrected chi connectivity index (χ1v) is 7.62. The lowest BCUT2D eigenvalue weighted by molar-refractivity contribution is 0.186. The highest BCUT2D eigenvalue weighted by atomic mass is 32.1. The summed E-state index contributed by atoms with van der Waals surface area (Å²) in [6, 6.07) is 16.6. The van der Waals surface area contributed by atoms with Gasteiger partial charge in [-0.15, -0.1) is 0 Å². The minimum atomic E-state index is 0.613. The van der Waals surface area contributed by atoms with E-state index in [1.807, 2.05) is 18.2 Å². The van der Waals surface area contributed by atoms with E-state index in [0.29, 0.717) is 6.61 Å². The van der Waals surface area contributed by atoms with Crippen molar-refractivity contribution in [2.75, 3.05) is 7.11 Å². The third-order valence-electron chi connectivity index (χ3n) is 3.57. The molecule has 2 heterocycles. The number of nitrogens with zero attached hydrogens (tertiary/aromatic N) is 2. The lowest BCUT2D eigenvalue weighted by Crippen LogP contribution is -1.90. The third kappa shape index (κ3) is 2.04. The summed E-state index contributed by atoms with van der Waals surface area (Å²) in [6.07, 6.45) is 2.11. The average Bonchev–Trinajstić information content (AvgIpc) is 3.06. The van der Waals surface area contributed by atoms with Crippen LogP contribution < -0.4 is 0 Å². The fourth-order valence-electron chi connectivity index (χ4n) is 2.64. The van der Waals surface area contributed by atoms with Gasteiger partial charge in [-0.1, -0.05) is 53.8 Å². The van der Waals surface area contributed by atoms with Gasteiger partial charge < -0.3 is 4.74 Å². The highest BCUT2D eigenvalue weighted by molar-refractivity contribution is 7.23. The van der Waals surface area contributed by atoms with Crippen LogP contribution in [0, 0.1) is 0 Å². The molecule has 0 amide bonds. The predicted octanol–water partition coefficient (Wildman–Crippen LogP) is 4.36. The second kappa shape index (κ2) is 4.98. The Kier molecular flexibility index (Phi) is 2.98. The predicted molar refractivity (Wildman–Crippen MR) is 86.7 cm³/mol. The molecule has 0 aliphatic heterocycles. The van der Waals surface area contributed by atoms with Crippen LogP contribution in [0.15, 0.2) is 54.7 Å². The Morgan fingerprint density at radius 2 is 1.95 bits per heavy atom. The number of methoxy groups -OCH3 is 1. The SMILES string of the molecule is COCc1cccc2sc3nc(-c4ccccc4)cn3c12. The zero-order valence-electron chi connectivity index (χ0n) is 11.6. The van der Waals surface area contributed by atoms with E-state index in [9.17, 15) is 0 Å². The monoisotopic (exact) mass is 294 g/mol. The van der Waals surface area contributed by atoms with Gasteiger partial charge >= 0.3 is 0 Å². The van der Waals surface area contributed by atoms with Gasteiger partial charge in [-0.2, -0.15) is 0 Å². The maximum Gasteiger partial charge on any atom is 0.195 e. The number of fused-ring (bicyclic) bond motifs is 3. The molecule has 4 heteroatoms. The van der Waals surface area contributed by atoms with Crippen LogP contribution in [0.2, 0.25) is 0 Å². The van der Waals surface area contributed by atoms with Gasteiger partial charge in [0.15, 0.2) is 4.96 Å². The summed E-state index contributed by atoms with van der Waals surface area (Å²) in [4.78, 5) is 5.78. The second-order valence-corrected chi connectivity index (χ2v) is 5.95. The van der Waals surface area contributed by atoms with Crippen molar-refractivity contribution in [1.29, 1.82) is 0 Å². The van der Waals surface area contributed by atoms with Crippen LogP contribution in [0.4, 0.5) is 0 Å². The van der Waals surface area contributed by atoms with E-state index in [2.05, 4.69) is 40.9 Å². The summed E-state index contributed by atoms with van der Waals surface area (Å²) < 4.78 is 8.74. The van der Waals surface area contributed by atoms with Crippen molar-refractivity contribution in [1.82, 2.24) is 9.38 Å². The molecule has 3 nitrogen and oxygen atoms in total. The van der Waals surface area contributed by atoms with Crippen molar-refractivity contribution in [3.8, 4) is 11.3 Å². The quantitative estimate of drug-likeness (QED) is 0.561. The summed E-state index contributed by atoms with van der Waals surface area (Å²) >= 11 is 1.71. The first-order valence-electron chi connectivity index (χ1n) is 6.80. The van der Waals surface area contributed by atoms with Crippen LogP contribution in [-0.4, -0.2) is 16.5 Å². The topological polar surface area (TPSA) is 26.5 Å². The molecule has 2 aromatic heterocycles. The second-order valence-electron chi connectivity index (χ2n) is 4.94. The van der Waals surface area contributed by atoms with E-state index in [0.717, 1.165) is 16.2 Å². The summed E-state index contributed by atoms with van der Waals surface area (Å²) in [5, 5.41) is 0. The molecule has 4 aromatic rings. The Morgan fingerprint density at radius 1 is 1.10 bits per heavy atom. The molecule has 0 unspecified atom stereocenters. The molecule has 0 fully saturated rings. The van der Waals surface area contributed by atoms with Crippen molar-refractivity contribution < 1.29 is 4.74 Å². The lowest BCUT2D eigenvalue weighted by atomic mass is 10.2. The maximum atomic E-state index is 5.32. The van der Waals surface area contributed by atoms with Gasteiger partial charge in [-0.3, -0.25) is 4.40 Å². The molecule has 0 N–H and O–H groups in total. The minimum Gasteiger partial charge on any atom is -0.380 e. The Morgan fingerprint density at radius 3 is 2.76 bits per heavy atom. The summed E-state index contributed by atoms with van der Waals surface area (Å²) in [7, 11) is 1.73. The van der Waals surface area contributed by atoms with Gasteiger partial charge in [-0.25, -0.2) is 4.98 Å². The van der Waals surface area contributed by atoms with E-state index in [1.165, 1.54) is 15.8 Å². The number of hydrogen-bond donors (Lipinski definition) is 0. The average molecular weight is 294 g/mol. The van der Waals surface area contributed by atoms with Crippen LogP contribution in [0.5, 0.6) is 0 Å². The molecule has 0 spiro atoms. The number of imidazole rings is 1. The normalized spacial score (nSPS) is 11.5. The number of hydrogen-bond acceptors (Lipinski definition) is 3. The molecule has 0 saturated carbocycles. The molecular weight excluding hydrogens is 280 g/mol. The minimum absolute atomic E-state index is 0.613. The summed E-state index contributed by atoms with van der Waals surface area (Å²) in [5.74, 6) is 0. The van der Waals surface area contributed by atoms with E-state index >= 15 is 0 Å². The van der Waals surface area contributed by atoms with Crippen LogP contribution in [0.25, 0.3) is 26.4 Å². The van der Waals surface area contributed by atoms with Crippen molar-refractivity contribution in [2.45, 2.75) is 6.61 Å². The molecule has 0 atom stereocenters. The van der Waals surface area contributed by atoms with E-state index < -0.39 is 0 Å². The van der Waals surface area contributed by atoms with Crippen molar-refractivity contribution >= 4 is 26.5 Å². The molecule has 0 bridgehead atoms. The van der Waals surface area contributed by atoms with E-state index in [-0.39, 0.29) is 0 Å². The number of ether oxygens (including phenoxy) is 1. The number of thiazole rings is 1. The number of aromatic nitrogens is 2. The van der Waals surface area contributed by atoms with Crippen LogP contribution in [0.3, 0.4) is 0 Å². The van der Waals surface area contributed by atoms with E-state index in [4.69, 9.17) is 9.72 Å². The van der Waals surface area contributed by atoms with Gasteiger partial charge in [0.05, 0.1) is 22.5 Å². The Bertz CT molecular complexity index is 908. The maximum absolute atomic E-state index is 5.32. The first kappa shape index (κ1) is 12.6. The Balaban J connectivity index is 1.96. The molecule has 4 rings (SSSR count). The molecule has 0 aliphatic carbocycles. The molecule has 0 radical (unpaired) electrons. The number of para-hydroxylation sites is 1. The third-order valence-corrected chi connectivity index (χ3v) is 4.59. The fourth-order valence-corrected chi connectivity index (χ4v) is 3.69. The largest absolute Gasteiger partial charge is 0.380 e. The van der Waals surface area contributed by atoms with Gasteiger partial charge in [0.2, 0.25) is 0 Å². The molecule has 0 aliphatic rings. The van der Waals surface area contributed by atoms with Crippen molar-refractivity contribution in [3.05, 3.63) is 60.3 Å². The lowest BCUT2D eigenvalue weighted by Gasteiger charge is -2.02. The van der Waals surface area contributed by atoms with Crippen LogP contribution in [-0.2, 0) is 11.3 Å². The smallest absolute Gasteiger partial charge is 0.195 e. The Hall–Kier alpha value is -2.17. The van der Waals surface area contributed by atoms with Crippen LogP contribution in [0.1, 0.15) is 5.56 Å². The van der Waals surface area contributed by atoms with Crippen LogP contribution >= 0.6 is 11.3 Å². The Labute approximate surface area is 126 Å². The summed E-state index contributed by atoms with van der Waals surface area (Å²) in [5.41, 5.74) is 4.55. The van der Waals surface area contributed by atoms with Gasteiger partial charge in [0.1, 0.15) is 0 Å². The molecule has 104 valence electrons. The fraction of sp³-hybridized carbons (Fsp3) is 0.118. The molecule has 21 heavy (non-hydrogen) atoms. The highest BCUT2D eigenvalue weighted by Gasteiger charge is 2.12. The molecular formula is C17H14N2OS. The van der Waals surface area contributed by atoms with Crippen molar-refractivity contribution in [3.63, 3.8) is 0 Å². The number of benzene rings is 2. The molecule has 2 aromatic carbocycles. The van der Waals surface area contributed by atoms with Gasteiger partial charge in [-0.05, 0) is 6.07 Å². The highest BCUT2D eigenvalue weighted by Crippen LogP contribution is 2.31. The number of rotatable bonds is 3. The molecule has 0 saturated heterocycles. The summed E-state index contributed by atoms with van der Waals surface area (Å²) in [6.45, 7) is 0.613. The first-order chi connectivity index (χ1) is 10.4. The zero-order valence-corrected chi connectivity index (χ0v) is 12.4. The van der Waals surface area contributed by atoms with Gasteiger partial charge in [0, 0.05) is 24.4 Å². The van der Waals surface area contributed by atoms with E-state index in [1.54, 1.807) is 18.4 Å². The standard InChI is InChI=1S/C17H14N2OS/c1-20-11-13-8-5-9-15-16(13)19-10-14(18-17(19)21-15)12-6-3-2-4-7-12/h2-10H,11H2,1H3. The van der Waals surface area contributed by atoms with Crippen molar-refractivity contribution in [2.24, 2.45) is 0 Å². The van der Waals surface area contributed by atoms with Gasteiger partial charge in [0.25, 0.3) is 0 Å².